The number of nitrogens with one attached hydrogen (secondary N) is 1. The number of aromatic nitrogens is 1. The summed E-state index contributed by atoms with van der Waals surface area (Å²) < 4.78 is 4.40. The zero-order valence-corrected chi connectivity index (χ0v) is 10.4. The molecule has 2 N–H and O–H groups in total. The number of thiazole rings is 1. The molecule has 0 spiro atoms. The number of hydrogen-bond donors (Lipinski definition) is 2. The number of aliphatic carboxylic acids is 1. The normalized spacial score (nSPS) is 11.6. The number of nitrogens with zero attached hydrogens (tertiary/aromatic N) is 1. The molecule has 0 saturated carbocycles. The third-order valence-corrected chi connectivity index (χ3v) is 2.72. The smallest absolute Gasteiger partial charge is 0.326 e. The Bertz CT molecular complexity index is 431. The lowest BCUT2D eigenvalue weighted by Gasteiger charge is -2.12. The Balaban J connectivity index is 2.55. The summed E-state index contributed by atoms with van der Waals surface area (Å²) in [5.41, 5.74) is 1.63. The van der Waals surface area contributed by atoms with Crippen LogP contribution in [0.3, 0.4) is 0 Å². The van der Waals surface area contributed by atoms with E-state index in [-0.39, 0.29) is 18.5 Å². The van der Waals surface area contributed by atoms with Gasteiger partial charge in [0, 0.05) is 11.8 Å². The number of hydrogen-bond acceptors (Lipinski definition) is 6. The molecule has 0 saturated heterocycles. The van der Waals surface area contributed by atoms with Gasteiger partial charge in [-0.3, -0.25) is 9.59 Å². The summed E-state index contributed by atoms with van der Waals surface area (Å²) >= 11 is 1.23. The summed E-state index contributed by atoms with van der Waals surface area (Å²) in [6, 6.07) is -1.14. The van der Waals surface area contributed by atoms with Gasteiger partial charge < -0.3 is 15.2 Å². The SMILES string of the molecule is COC(=O)CC[C@@H](NC(=O)c1cscn1)C(=O)O. The summed E-state index contributed by atoms with van der Waals surface area (Å²) in [6.07, 6.45) is -0.108. The number of ether oxygens (including phenoxy) is 1. The minimum atomic E-state index is -1.21. The number of carbonyl (C=O) groups excluding carboxylic acids is 2. The third kappa shape index (κ3) is 4.13. The maximum Gasteiger partial charge on any atom is 0.326 e. The number of carboxylic acids is 1. The molecule has 7 nitrogen and oxygen atoms in total. The molecule has 98 valence electrons. The van der Waals surface area contributed by atoms with Crippen LogP contribution in [0.1, 0.15) is 23.3 Å². The minimum Gasteiger partial charge on any atom is -0.480 e. The van der Waals surface area contributed by atoms with Crippen LogP contribution in [0.25, 0.3) is 0 Å². The van der Waals surface area contributed by atoms with E-state index in [1.54, 1.807) is 0 Å². The van der Waals surface area contributed by atoms with Crippen molar-refractivity contribution in [1.82, 2.24) is 10.3 Å². The number of amides is 1. The Morgan fingerprint density at radius 2 is 2.28 bits per heavy atom. The molecule has 1 amide bonds. The summed E-state index contributed by atoms with van der Waals surface area (Å²) in [5.74, 6) is -2.31. The Morgan fingerprint density at radius 1 is 1.56 bits per heavy atom. The standard InChI is InChI=1S/C10H12N2O5S/c1-17-8(13)3-2-6(10(15)16)12-9(14)7-4-18-5-11-7/h4-6H,2-3H2,1H3,(H,12,14)(H,15,16)/t6-/m1/s1. The van der Waals surface area contributed by atoms with Crippen LogP contribution in [0.4, 0.5) is 0 Å². The van der Waals surface area contributed by atoms with Gasteiger partial charge in [0.25, 0.3) is 5.91 Å². The van der Waals surface area contributed by atoms with Gasteiger partial charge in [0.15, 0.2) is 0 Å². The first-order chi connectivity index (χ1) is 8.54. The van der Waals surface area contributed by atoms with Crippen molar-refractivity contribution in [3.8, 4) is 0 Å². The Morgan fingerprint density at radius 3 is 2.78 bits per heavy atom. The van der Waals surface area contributed by atoms with Gasteiger partial charge in [-0.15, -0.1) is 11.3 Å². The van der Waals surface area contributed by atoms with Crippen molar-refractivity contribution in [2.75, 3.05) is 7.11 Å². The van der Waals surface area contributed by atoms with Gasteiger partial charge in [0.1, 0.15) is 11.7 Å². The molecule has 0 unspecified atom stereocenters. The Labute approximate surface area is 107 Å². The zero-order chi connectivity index (χ0) is 13.5. The van der Waals surface area contributed by atoms with Crippen LogP contribution >= 0.6 is 11.3 Å². The Kier molecular flexibility index (Phi) is 5.25. The quantitative estimate of drug-likeness (QED) is 0.720. The van der Waals surface area contributed by atoms with Gasteiger partial charge >= 0.3 is 11.9 Å². The highest BCUT2D eigenvalue weighted by atomic mass is 32.1. The second kappa shape index (κ2) is 6.70. The lowest BCUT2D eigenvalue weighted by atomic mass is 10.1. The molecule has 8 heteroatoms. The van der Waals surface area contributed by atoms with Crippen LogP contribution in [-0.2, 0) is 14.3 Å². The zero-order valence-electron chi connectivity index (χ0n) is 9.58. The number of esters is 1. The fourth-order valence-electron chi connectivity index (χ4n) is 1.18. The van der Waals surface area contributed by atoms with E-state index in [9.17, 15) is 14.4 Å². The van der Waals surface area contributed by atoms with Crippen molar-refractivity contribution in [2.45, 2.75) is 18.9 Å². The van der Waals surface area contributed by atoms with Crippen LogP contribution in [0.2, 0.25) is 0 Å². The highest BCUT2D eigenvalue weighted by molar-refractivity contribution is 7.07. The molecule has 1 rings (SSSR count). The third-order valence-electron chi connectivity index (χ3n) is 2.13. The molecule has 0 aliphatic rings. The lowest BCUT2D eigenvalue weighted by molar-refractivity contribution is -0.142. The van der Waals surface area contributed by atoms with E-state index in [4.69, 9.17) is 5.11 Å². The second-order valence-electron chi connectivity index (χ2n) is 3.35. The molecule has 0 aromatic carbocycles. The van der Waals surface area contributed by atoms with Crippen molar-refractivity contribution in [3.05, 3.63) is 16.6 Å². The van der Waals surface area contributed by atoms with E-state index in [2.05, 4.69) is 15.0 Å². The highest BCUT2D eigenvalue weighted by Crippen LogP contribution is 2.04. The Hall–Kier alpha value is -1.96. The topological polar surface area (TPSA) is 106 Å². The molecule has 1 atom stereocenters. The number of rotatable bonds is 6. The predicted molar refractivity (Wildman–Crippen MR) is 62.3 cm³/mol. The van der Waals surface area contributed by atoms with Gasteiger partial charge in [-0.2, -0.15) is 0 Å². The first kappa shape index (κ1) is 14.1. The van der Waals surface area contributed by atoms with Gasteiger partial charge in [-0.05, 0) is 6.42 Å². The van der Waals surface area contributed by atoms with Crippen LogP contribution in [0.15, 0.2) is 10.9 Å². The molecule has 0 bridgehead atoms. The molecule has 18 heavy (non-hydrogen) atoms. The first-order valence-electron chi connectivity index (χ1n) is 5.03. The molecular formula is C10H12N2O5S. The van der Waals surface area contributed by atoms with Crippen LogP contribution in [-0.4, -0.2) is 41.1 Å². The molecule has 0 radical (unpaired) electrons. The molecule has 0 aliphatic heterocycles. The maximum absolute atomic E-state index is 11.6. The summed E-state index contributed by atoms with van der Waals surface area (Å²) in [4.78, 5) is 37.2. The molecule has 0 fully saturated rings. The molecule has 1 aromatic rings. The fourth-order valence-corrected chi connectivity index (χ4v) is 1.71. The summed E-state index contributed by atoms with van der Waals surface area (Å²) in [7, 11) is 1.21. The van der Waals surface area contributed by atoms with E-state index < -0.39 is 23.9 Å². The lowest BCUT2D eigenvalue weighted by Crippen LogP contribution is -2.41. The first-order valence-corrected chi connectivity index (χ1v) is 5.97. The highest BCUT2D eigenvalue weighted by Gasteiger charge is 2.22. The van der Waals surface area contributed by atoms with Crippen molar-refractivity contribution in [2.24, 2.45) is 0 Å². The van der Waals surface area contributed by atoms with E-state index >= 15 is 0 Å². The fraction of sp³-hybridized carbons (Fsp3) is 0.400. The van der Waals surface area contributed by atoms with Crippen molar-refractivity contribution >= 4 is 29.2 Å². The monoisotopic (exact) mass is 272 g/mol. The van der Waals surface area contributed by atoms with E-state index in [1.165, 1.54) is 29.3 Å². The number of carboxylic acid groups (broad SMARTS) is 1. The van der Waals surface area contributed by atoms with Crippen molar-refractivity contribution in [1.29, 1.82) is 0 Å². The van der Waals surface area contributed by atoms with Crippen LogP contribution in [0.5, 0.6) is 0 Å². The van der Waals surface area contributed by atoms with E-state index in [1.807, 2.05) is 0 Å². The largest absolute Gasteiger partial charge is 0.480 e. The van der Waals surface area contributed by atoms with Gasteiger partial charge in [0.05, 0.1) is 12.6 Å². The molecular weight excluding hydrogens is 260 g/mol. The summed E-state index contributed by atoms with van der Waals surface area (Å²) in [6.45, 7) is 0. The summed E-state index contributed by atoms with van der Waals surface area (Å²) in [5, 5.41) is 12.7. The van der Waals surface area contributed by atoms with Gasteiger partial charge in [0.2, 0.25) is 0 Å². The molecule has 0 aliphatic carbocycles. The van der Waals surface area contributed by atoms with Crippen LogP contribution in [0, 0.1) is 0 Å². The van der Waals surface area contributed by atoms with E-state index in [0.717, 1.165) is 0 Å². The average molecular weight is 272 g/mol. The van der Waals surface area contributed by atoms with E-state index in [0.29, 0.717) is 0 Å². The van der Waals surface area contributed by atoms with Crippen LogP contribution < -0.4 is 5.32 Å². The average Bonchev–Trinajstić information content (AvgIpc) is 2.87. The number of methoxy groups -OCH3 is 1. The predicted octanol–water partition coefficient (Wildman–Crippen LogP) is 0.279. The van der Waals surface area contributed by atoms with Gasteiger partial charge in [-0.25, -0.2) is 9.78 Å². The maximum atomic E-state index is 11.6. The number of carbonyl (C=O) groups is 3. The van der Waals surface area contributed by atoms with Crippen molar-refractivity contribution in [3.63, 3.8) is 0 Å². The molecule has 1 aromatic heterocycles. The second-order valence-corrected chi connectivity index (χ2v) is 4.07. The van der Waals surface area contributed by atoms with Gasteiger partial charge in [-0.1, -0.05) is 0 Å². The molecule has 1 heterocycles. The minimum absolute atomic E-state index is 0.0299. The van der Waals surface area contributed by atoms with Crippen molar-refractivity contribution < 1.29 is 24.2 Å².